The number of carbonyl (C=O) groups excluding carboxylic acids is 2. The molecule has 4 nitrogen and oxygen atoms in total. The Labute approximate surface area is 99.7 Å². The van der Waals surface area contributed by atoms with Crippen LogP contribution in [0.5, 0.6) is 0 Å². The molecule has 1 unspecified atom stereocenters. The molecule has 4 heteroatoms. The van der Waals surface area contributed by atoms with Gasteiger partial charge in [0.1, 0.15) is 5.54 Å². The predicted octanol–water partition coefficient (Wildman–Crippen LogP) is -1.30. The molecular weight excluding hydrogens is 218 g/mol. The Bertz CT molecular complexity index is 420. The summed E-state index contributed by atoms with van der Waals surface area (Å²) in [6.45, 7) is 4.05. The average molecular weight is 233 g/mol. The summed E-state index contributed by atoms with van der Waals surface area (Å²) in [5.41, 5.74) is -1.28. The molecule has 0 aromatic heterocycles. The van der Waals surface area contributed by atoms with Gasteiger partial charge in [-0.05, 0) is 30.7 Å². The summed E-state index contributed by atoms with van der Waals surface area (Å²) < 4.78 is 0. The molecule has 90 valence electrons. The van der Waals surface area contributed by atoms with Gasteiger partial charge in [0.2, 0.25) is 0 Å². The minimum atomic E-state index is -1.04. The van der Waals surface area contributed by atoms with E-state index in [2.05, 4.69) is 6.58 Å². The maximum Gasteiger partial charge on any atom is 0.178 e. The van der Waals surface area contributed by atoms with Gasteiger partial charge in [0.05, 0.1) is 17.9 Å². The molecule has 0 bridgehead atoms. The van der Waals surface area contributed by atoms with E-state index in [0.717, 1.165) is 0 Å². The number of hydrogen-bond acceptors (Lipinski definition) is 3. The molecule has 1 spiro atoms. The number of aliphatic carboxylic acids is 1. The Morgan fingerprint density at radius 2 is 2.18 bits per heavy atom. The molecular formula is C13H15NO3. The lowest BCUT2D eigenvalue weighted by atomic mass is 9.77. The molecule has 17 heavy (non-hydrogen) atoms. The van der Waals surface area contributed by atoms with Crippen molar-refractivity contribution >= 4 is 11.8 Å². The summed E-state index contributed by atoms with van der Waals surface area (Å²) in [5.74, 6) is -1.09. The van der Waals surface area contributed by atoms with Crippen LogP contribution >= 0.6 is 0 Å². The zero-order valence-electron chi connectivity index (χ0n) is 9.52. The zero-order valence-corrected chi connectivity index (χ0v) is 9.52. The number of rotatable bonds is 3. The SMILES string of the molecule is C=CCC1(C(=O)[O-])C[NH2+]C2(C=CC(=O)C=C2)C1. The number of nitrogens with two attached hydrogens (primary N) is 1. The van der Waals surface area contributed by atoms with Crippen LogP contribution in [0.3, 0.4) is 0 Å². The van der Waals surface area contributed by atoms with Crippen LogP contribution in [-0.4, -0.2) is 23.8 Å². The molecule has 2 N–H and O–H groups in total. The summed E-state index contributed by atoms with van der Waals surface area (Å²) in [6, 6.07) is 0. The van der Waals surface area contributed by atoms with Crippen molar-refractivity contribution in [2.75, 3.05) is 6.54 Å². The van der Waals surface area contributed by atoms with Crippen molar-refractivity contribution in [3.8, 4) is 0 Å². The second kappa shape index (κ2) is 3.96. The fourth-order valence-corrected chi connectivity index (χ4v) is 2.63. The van der Waals surface area contributed by atoms with E-state index in [1.807, 2.05) is 5.32 Å². The summed E-state index contributed by atoms with van der Waals surface area (Å²) >= 11 is 0. The van der Waals surface area contributed by atoms with Gasteiger partial charge < -0.3 is 15.2 Å². The van der Waals surface area contributed by atoms with Crippen LogP contribution in [0.1, 0.15) is 12.8 Å². The number of quaternary nitrogens is 1. The van der Waals surface area contributed by atoms with Crippen molar-refractivity contribution in [3.63, 3.8) is 0 Å². The lowest BCUT2D eigenvalue weighted by Gasteiger charge is -2.27. The molecule has 1 aliphatic heterocycles. The van der Waals surface area contributed by atoms with Crippen molar-refractivity contribution in [2.45, 2.75) is 18.4 Å². The minimum absolute atomic E-state index is 0.0568. The third-order valence-electron chi connectivity index (χ3n) is 3.60. The van der Waals surface area contributed by atoms with Crippen molar-refractivity contribution < 1.29 is 20.0 Å². The molecule has 2 aliphatic rings. The van der Waals surface area contributed by atoms with Crippen LogP contribution in [0.15, 0.2) is 37.0 Å². The number of hydrogen-bond donors (Lipinski definition) is 1. The Hall–Kier alpha value is -1.68. The molecule has 0 radical (unpaired) electrons. The largest absolute Gasteiger partial charge is 0.549 e. The number of allylic oxidation sites excluding steroid dienone is 3. The van der Waals surface area contributed by atoms with Gasteiger partial charge in [-0.1, -0.05) is 6.08 Å². The smallest absolute Gasteiger partial charge is 0.178 e. The number of ketones is 1. The van der Waals surface area contributed by atoms with Crippen LogP contribution in [-0.2, 0) is 9.59 Å². The summed E-state index contributed by atoms with van der Waals surface area (Å²) in [4.78, 5) is 22.4. The van der Waals surface area contributed by atoms with Crippen molar-refractivity contribution in [2.24, 2.45) is 5.41 Å². The Balaban J connectivity index is 2.26. The maximum atomic E-state index is 11.3. The molecule has 2 rings (SSSR count). The van der Waals surface area contributed by atoms with Gasteiger partial charge in [0.15, 0.2) is 5.78 Å². The fourth-order valence-electron chi connectivity index (χ4n) is 2.63. The first kappa shape index (κ1) is 11.8. The monoisotopic (exact) mass is 233 g/mol. The molecule has 1 heterocycles. The highest BCUT2D eigenvalue weighted by Crippen LogP contribution is 2.36. The third-order valence-corrected chi connectivity index (χ3v) is 3.60. The number of carboxylic acid groups (broad SMARTS) is 1. The topological polar surface area (TPSA) is 73.8 Å². The van der Waals surface area contributed by atoms with Crippen molar-refractivity contribution in [1.29, 1.82) is 0 Å². The van der Waals surface area contributed by atoms with Crippen molar-refractivity contribution in [3.05, 3.63) is 37.0 Å². The Kier molecular flexibility index (Phi) is 2.75. The highest BCUT2D eigenvalue weighted by Gasteiger charge is 2.50. The summed E-state index contributed by atoms with van der Waals surface area (Å²) in [6.07, 6.45) is 9.00. The number of carbonyl (C=O) groups is 2. The van der Waals surface area contributed by atoms with Crippen LogP contribution in [0.25, 0.3) is 0 Å². The van der Waals surface area contributed by atoms with E-state index in [9.17, 15) is 14.7 Å². The third kappa shape index (κ3) is 1.96. The quantitative estimate of drug-likeness (QED) is 0.616. The number of carboxylic acids is 1. The lowest BCUT2D eigenvalue weighted by Crippen LogP contribution is -2.93. The average Bonchev–Trinajstić information content (AvgIpc) is 2.65. The molecule has 1 atom stereocenters. The van der Waals surface area contributed by atoms with Gasteiger partial charge in [-0.25, -0.2) is 0 Å². The van der Waals surface area contributed by atoms with Crippen LogP contribution < -0.4 is 10.4 Å². The normalized spacial score (nSPS) is 29.8. The molecule has 0 amide bonds. The molecule has 0 aromatic rings. The minimum Gasteiger partial charge on any atom is -0.549 e. The zero-order chi connectivity index (χ0) is 12.5. The standard InChI is InChI=1S/C13H15NO3/c1-2-5-12(11(16)17)8-13(14-9-12)6-3-10(15)4-7-13/h2-4,6-7,14H,1,5,8-9H2,(H,16,17). The second-order valence-corrected chi connectivity index (χ2v) is 4.83. The first-order valence-electron chi connectivity index (χ1n) is 5.61. The lowest BCUT2D eigenvalue weighted by molar-refractivity contribution is -0.688. The van der Waals surface area contributed by atoms with E-state index in [-0.39, 0.29) is 5.78 Å². The van der Waals surface area contributed by atoms with Gasteiger partial charge >= 0.3 is 0 Å². The first-order chi connectivity index (χ1) is 8.02. The van der Waals surface area contributed by atoms with E-state index >= 15 is 0 Å². The summed E-state index contributed by atoms with van der Waals surface area (Å²) in [7, 11) is 0. The van der Waals surface area contributed by atoms with E-state index in [1.165, 1.54) is 12.2 Å². The molecule has 0 aromatic carbocycles. The summed E-state index contributed by atoms with van der Waals surface area (Å²) in [5, 5.41) is 13.3. The van der Waals surface area contributed by atoms with Gasteiger partial charge in [-0.15, -0.1) is 6.58 Å². The van der Waals surface area contributed by atoms with Crippen molar-refractivity contribution in [1.82, 2.24) is 0 Å². The van der Waals surface area contributed by atoms with Crippen LogP contribution in [0, 0.1) is 5.41 Å². The highest BCUT2D eigenvalue weighted by molar-refractivity contribution is 6.00. The Morgan fingerprint density at radius 3 is 2.71 bits per heavy atom. The van der Waals surface area contributed by atoms with Gasteiger partial charge in [-0.3, -0.25) is 4.79 Å². The van der Waals surface area contributed by atoms with E-state index in [4.69, 9.17) is 0 Å². The van der Waals surface area contributed by atoms with Gasteiger partial charge in [-0.2, -0.15) is 0 Å². The second-order valence-electron chi connectivity index (χ2n) is 4.83. The fraction of sp³-hybridized carbons (Fsp3) is 0.385. The van der Waals surface area contributed by atoms with E-state index in [0.29, 0.717) is 19.4 Å². The molecule has 1 fully saturated rings. The van der Waals surface area contributed by atoms with Gasteiger partial charge in [0.25, 0.3) is 0 Å². The van der Waals surface area contributed by atoms with E-state index < -0.39 is 16.9 Å². The Morgan fingerprint density at radius 1 is 1.53 bits per heavy atom. The maximum absolute atomic E-state index is 11.3. The van der Waals surface area contributed by atoms with Gasteiger partial charge in [0, 0.05) is 6.42 Å². The van der Waals surface area contributed by atoms with Crippen LogP contribution in [0.2, 0.25) is 0 Å². The highest BCUT2D eigenvalue weighted by atomic mass is 16.4. The molecule has 1 saturated heterocycles. The first-order valence-corrected chi connectivity index (χ1v) is 5.61. The molecule has 0 saturated carbocycles. The predicted molar refractivity (Wildman–Crippen MR) is 59.7 cm³/mol. The molecule has 1 aliphatic carbocycles. The van der Waals surface area contributed by atoms with E-state index in [1.54, 1.807) is 18.2 Å². The van der Waals surface area contributed by atoms with Crippen LogP contribution in [0.4, 0.5) is 0 Å².